The molecule has 8 rings (SSSR count). The molecule has 6 aromatic carbocycles. The molecular weight excluding hydrogens is 813 g/mol. The van der Waals surface area contributed by atoms with E-state index in [4.69, 9.17) is 42.6 Å². The van der Waals surface area contributed by atoms with Gasteiger partial charge in [0.15, 0.2) is 18.7 Å². The van der Waals surface area contributed by atoms with E-state index in [0.717, 1.165) is 27.8 Å². The van der Waals surface area contributed by atoms with Gasteiger partial charge in [0.2, 0.25) is 0 Å². The molecule has 0 spiro atoms. The summed E-state index contributed by atoms with van der Waals surface area (Å²) in [6.45, 7) is 1.14. The Labute approximate surface area is 374 Å². The van der Waals surface area contributed by atoms with Crippen molar-refractivity contribution in [2.45, 2.75) is 88.3 Å². The number of aliphatic hydroxyl groups is 1. The number of hydrogen-bond donors (Lipinski definition) is 1. The minimum Gasteiger partial charge on any atom is -0.450 e. The Morgan fingerprint density at radius 3 is 1.25 bits per heavy atom. The highest BCUT2D eigenvalue weighted by Gasteiger charge is 2.52. The van der Waals surface area contributed by atoms with Crippen molar-refractivity contribution < 1.29 is 52.5 Å². The molecule has 2 heterocycles. The van der Waals surface area contributed by atoms with Crippen LogP contribution in [0.15, 0.2) is 182 Å². The maximum Gasteiger partial charge on any atom is 0.338 e. The van der Waals surface area contributed by atoms with Crippen molar-refractivity contribution in [3.05, 3.63) is 215 Å². The van der Waals surface area contributed by atoms with Crippen LogP contribution in [-0.2, 0) is 75.7 Å². The summed E-state index contributed by atoms with van der Waals surface area (Å²) in [7, 11) is 0. The van der Waals surface area contributed by atoms with Crippen molar-refractivity contribution in [1.82, 2.24) is 0 Å². The summed E-state index contributed by atoms with van der Waals surface area (Å²) >= 11 is 0. The maximum absolute atomic E-state index is 13.8. The van der Waals surface area contributed by atoms with E-state index < -0.39 is 61.3 Å². The van der Waals surface area contributed by atoms with Crippen LogP contribution in [0.25, 0.3) is 0 Å². The Kier molecular flexibility index (Phi) is 16.4. The second kappa shape index (κ2) is 23.4. The van der Waals surface area contributed by atoms with Crippen molar-refractivity contribution in [2.75, 3.05) is 13.2 Å². The van der Waals surface area contributed by atoms with E-state index in [-0.39, 0.29) is 39.6 Å². The third-order valence-electron chi connectivity index (χ3n) is 11.1. The third-order valence-corrected chi connectivity index (χ3v) is 11.1. The standard InChI is InChI=1S/C53H54O11/c54-51(43-29-17-6-18-30-43)64-50-47(58-33-40-23-11-3-12-24-40)44(36-56-31-38-19-7-1-8-20-38)63-53(50)61-37-45-46(57-32-39-21-9-2-10-22-39)48(59-34-41-25-13-4-14-26-41)49(52(55)62-45)60-35-42-27-15-5-16-28-42/h1-30,44-50,52-53,55H,31-37H2/t44-,45-,46-,47-,48+,49-,50+,52+,53+/m1/s1. The minimum atomic E-state index is -1.42. The topological polar surface area (TPSA) is 120 Å². The Bertz CT molecular complexity index is 2240. The fourth-order valence-corrected chi connectivity index (χ4v) is 7.77. The fourth-order valence-electron chi connectivity index (χ4n) is 7.77. The highest BCUT2D eigenvalue weighted by molar-refractivity contribution is 5.89. The zero-order chi connectivity index (χ0) is 43.8. The van der Waals surface area contributed by atoms with Gasteiger partial charge in [-0.1, -0.05) is 170 Å². The molecule has 0 unspecified atom stereocenters. The van der Waals surface area contributed by atoms with E-state index in [1.165, 1.54) is 0 Å². The quantitative estimate of drug-likeness (QED) is 0.0705. The normalized spacial score (nSPS) is 24.3. The first-order chi connectivity index (χ1) is 31.6. The first-order valence-electron chi connectivity index (χ1n) is 21.7. The number of esters is 1. The van der Waals surface area contributed by atoms with Gasteiger partial charge >= 0.3 is 5.97 Å². The van der Waals surface area contributed by atoms with Gasteiger partial charge in [0, 0.05) is 0 Å². The molecule has 0 aliphatic carbocycles. The van der Waals surface area contributed by atoms with E-state index in [0.29, 0.717) is 12.2 Å². The average Bonchev–Trinajstić information content (AvgIpc) is 3.67. The summed E-state index contributed by atoms with van der Waals surface area (Å²) < 4.78 is 58.5. The molecule has 2 aliphatic heterocycles. The molecule has 0 bridgehead atoms. The Morgan fingerprint density at radius 2 is 0.781 bits per heavy atom. The SMILES string of the molecule is O=C(O[C@@H]1[C@@H](OC[C@H]2O[C@H](O)[C@H](OCc3ccccc3)[C@@H](OCc3ccccc3)[C@@H]2OCc2ccccc2)O[C@H](COCc2ccccc2)[C@H]1OCc1ccccc1)c1ccccc1. The molecule has 1 N–H and O–H groups in total. The molecule has 6 aromatic rings. The van der Waals surface area contributed by atoms with Crippen LogP contribution in [-0.4, -0.2) is 79.6 Å². The highest BCUT2D eigenvalue weighted by atomic mass is 16.7. The lowest BCUT2D eigenvalue weighted by Gasteiger charge is -2.44. The Balaban J connectivity index is 1.07. The molecule has 64 heavy (non-hydrogen) atoms. The highest BCUT2D eigenvalue weighted by Crippen LogP contribution is 2.34. The molecular formula is C53H54O11. The predicted octanol–water partition coefficient (Wildman–Crippen LogP) is 8.23. The number of hydrogen-bond acceptors (Lipinski definition) is 11. The van der Waals surface area contributed by atoms with E-state index in [2.05, 4.69) is 0 Å². The zero-order valence-electron chi connectivity index (χ0n) is 35.5. The summed E-state index contributed by atoms with van der Waals surface area (Å²) in [6, 6.07) is 57.6. The number of rotatable bonds is 21. The van der Waals surface area contributed by atoms with Crippen LogP contribution in [0.4, 0.5) is 0 Å². The van der Waals surface area contributed by atoms with Crippen LogP contribution >= 0.6 is 0 Å². The number of benzene rings is 6. The van der Waals surface area contributed by atoms with Gasteiger partial charge in [0.25, 0.3) is 0 Å². The van der Waals surface area contributed by atoms with Crippen LogP contribution in [0.5, 0.6) is 0 Å². The van der Waals surface area contributed by atoms with Crippen LogP contribution in [0.1, 0.15) is 38.2 Å². The molecule has 2 saturated heterocycles. The number of aliphatic hydroxyl groups excluding tert-OH is 1. The largest absolute Gasteiger partial charge is 0.450 e. The van der Waals surface area contributed by atoms with Gasteiger partial charge < -0.3 is 47.7 Å². The second-order valence-corrected chi connectivity index (χ2v) is 15.7. The van der Waals surface area contributed by atoms with Crippen molar-refractivity contribution >= 4 is 5.97 Å². The monoisotopic (exact) mass is 866 g/mol. The van der Waals surface area contributed by atoms with Gasteiger partial charge in [-0.15, -0.1) is 0 Å². The van der Waals surface area contributed by atoms with Crippen LogP contribution in [0.3, 0.4) is 0 Å². The Morgan fingerprint density at radius 1 is 0.406 bits per heavy atom. The van der Waals surface area contributed by atoms with Crippen LogP contribution < -0.4 is 0 Å². The lowest BCUT2D eigenvalue weighted by Crippen LogP contribution is -2.61. The summed E-state index contributed by atoms with van der Waals surface area (Å²) in [5.74, 6) is -0.567. The smallest absolute Gasteiger partial charge is 0.338 e. The summed E-state index contributed by atoms with van der Waals surface area (Å²) in [4.78, 5) is 13.8. The number of ether oxygens (including phenoxy) is 9. The molecule has 2 fully saturated rings. The summed E-state index contributed by atoms with van der Waals surface area (Å²) in [5, 5.41) is 11.8. The van der Waals surface area contributed by atoms with Crippen molar-refractivity contribution in [3.8, 4) is 0 Å². The van der Waals surface area contributed by atoms with Crippen LogP contribution in [0, 0.1) is 0 Å². The zero-order valence-corrected chi connectivity index (χ0v) is 35.5. The first kappa shape index (κ1) is 45.0. The van der Waals surface area contributed by atoms with E-state index in [1.54, 1.807) is 24.3 Å². The van der Waals surface area contributed by atoms with Crippen LogP contribution in [0.2, 0.25) is 0 Å². The molecule has 332 valence electrons. The van der Waals surface area contributed by atoms with Gasteiger partial charge in [0.05, 0.1) is 51.8 Å². The maximum atomic E-state index is 13.8. The molecule has 2 aliphatic rings. The lowest BCUT2D eigenvalue weighted by atomic mass is 9.98. The number of carbonyl (C=O) groups excluding carboxylic acids is 1. The molecule has 11 heteroatoms. The number of carbonyl (C=O) groups is 1. The summed E-state index contributed by atoms with van der Waals surface area (Å²) in [6.07, 6.45) is -8.56. The van der Waals surface area contributed by atoms with Gasteiger partial charge in [-0.25, -0.2) is 4.79 Å². The fraction of sp³-hybridized carbons (Fsp3) is 0.302. The van der Waals surface area contributed by atoms with E-state index in [1.807, 2.05) is 158 Å². The predicted molar refractivity (Wildman–Crippen MR) is 237 cm³/mol. The summed E-state index contributed by atoms with van der Waals surface area (Å²) in [5.41, 5.74) is 5.07. The average molecular weight is 867 g/mol. The van der Waals surface area contributed by atoms with E-state index >= 15 is 0 Å². The van der Waals surface area contributed by atoms with Crippen molar-refractivity contribution in [1.29, 1.82) is 0 Å². The van der Waals surface area contributed by atoms with E-state index in [9.17, 15) is 9.90 Å². The molecule has 0 radical (unpaired) electrons. The molecule has 0 saturated carbocycles. The molecule has 0 aromatic heterocycles. The third kappa shape index (κ3) is 12.6. The van der Waals surface area contributed by atoms with Crippen molar-refractivity contribution in [3.63, 3.8) is 0 Å². The van der Waals surface area contributed by atoms with Gasteiger partial charge in [-0.3, -0.25) is 0 Å². The van der Waals surface area contributed by atoms with Crippen molar-refractivity contribution in [2.24, 2.45) is 0 Å². The minimum absolute atomic E-state index is 0.116. The first-order valence-corrected chi connectivity index (χ1v) is 21.7. The van der Waals surface area contributed by atoms with Gasteiger partial charge in [-0.05, 0) is 39.9 Å². The molecule has 0 amide bonds. The molecule has 11 nitrogen and oxygen atoms in total. The van der Waals surface area contributed by atoms with Gasteiger partial charge in [0.1, 0.15) is 36.6 Å². The van der Waals surface area contributed by atoms with Gasteiger partial charge in [-0.2, -0.15) is 0 Å². The lowest BCUT2D eigenvalue weighted by molar-refractivity contribution is -0.323. The Hall–Kier alpha value is -5.57. The second-order valence-electron chi connectivity index (χ2n) is 15.7. The molecule has 9 atom stereocenters.